The van der Waals surface area contributed by atoms with Crippen LogP contribution in [0.15, 0.2) is 66.9 Å². The van der Waals surface area contributed by atoms with Crippen LogP contribution in [0.5, 0.6) is 0 Å². The Bertz CT molecular complexity index is 1270. The Labute approximate surface area is 170 Å². The van der Waals surface area contributed by atoms with Gasteiger partial charge < -0.3 is 9.72 Å². The molecule has 2 heterocycles. The van der Waals surface area contributed by atoms with Crippen LogP contribution in [0.2, 0.25) is 0 Å². The molecule has 4 nitrogen and oxygen atoms in total. The zero-order chi connectivity index (χ0) is 20.4. The molecule has 2 aromatic heterocycles. The van der Waals surface area contributed by atoms with Gasteiger partial charge in [-0.1, -0.05) is 24.0 Å². The topological polar surface area (TPSA) is 46.4 Å². The van der Waals surface area contributed by atoms with Crippen molar-refractivity contribution < 1.29 is 4.79 Å². The molecule has 1 amide bonds. The number of hydrogen-bond acceptors (Lipinski definition) is 2. The maximum Gasteiger partial charge on any atom is 0.259 e. The Morgan fingerprint density at radius 2 is 1.69 bits per heavy atom. The van der Waals surface area contributed by atoms with Gasteiger partial charge >= 0.3 is 0 Å². The molecule has 0 unspecified atom stereocenters. The van der Waals surface area contributed by atoms with E-state index in [1.165, 1.54) is 5.56 Å². The van der Waals surface area contributed by atoms with Crippen LogP contribution in [0.4, 0.5) is 5.69 Å². The van der Waals surface area contributed by atoms with Gasteiger partial charge in [0.2, 0.25) is 0 Å². The molecule has 142 valence electrons. The summed E-state index contributed by atoms with van der Waals surface area (Å²) in [5.41, 5.74) is 6.95. The average Bonchev–Trinajstić information content (AvgIpc) is 3.12. The molecule has 2 aromatic carbocycles. The van der Waals surface area contributed by atoms with Gasteiger partial charge in [0.15, 0.2) is 0 Å². The number of rotatable bonds is 2. The molecule has 0 bridgehead atoms. The van der Waals surface area contributed by atoms with Crippen LogP contribution in [0.1, 0.15) is 38.4 Å². The average molecular weight is 379 g/mol. The quantitative estimate of drug-likeness (QED) is 0.503. The molecule has 1 N–H and O–H groups in total. The van der Waals surface area contributed by atoms with Crippen molar-refractivity contribution in [1.29, 1.82) is 0 Å². The Morgan fingerprint density at radius 1 is 0.931 bits per heavy atom. The molecule has 4 heteroatoms. The summed E-state index contributed by atoms with van der Waals surface area (Å²) in [5.74, 6) is 6.15. The van der Waals surface area contributed by atoms with Crippen molar-refractivity contribution in [3.8, 4) is 11.8 Å². The van der Waals surface area contributed by atoms with Crippen LogP contribution in [0.3, 0.4) is 0 Å². The largest absolute Gasteiger partial charge is 0.322 e. The number of hydrogen-bond donors (Lipinski definition) is 1. The number of nitrogens with one attached hydrogen (secondary N) is 1. The Morgan fingerprint density at radius 3 is 2.45 bits per heavy atom. The van der Waals surface area contributed by atoms with Crippen LogP contribution in [-0.4, -0.2) is 15.3 Å². The number of amides is 1. The summed E-state index contributed by atoms with van der Waals surface area (Å²) in [5, 5.41) is 2.94. The molecular formula is C25H21N3O. The highest BCUT2D eigenvalue weighted by Gasteiger charge is 2.14. The maximum absolute atomic E-state index is 12.7. The number of fused-ring (bicyclic) bond motifs is 1. The molecule has 0 aliphatic heterocycles. The first-order valence-corrected chi connectivity index (χ1v) is 9.45. The van der Waals surface area contributed by atoms with Gasteiger partial charge in [0.25, 0.3) is 5.91 Å². The third-order valence-corrected chi connectivity index (χ3v) is 4.70. The standard InChI is InChI=1S/C25H21N3O/c1-17-5-4-6-21(15-17)8-7-20-9-11-22(12-10-20)27-25(29)23-13-14-28-19(3)16-18(2)26-24(23)28/h4-6,9-16H,1-3H3,(H,27,29). The second-order valence-corrected chi connectivity index (χ2v) is 7.11. The molecule has 0 saturated heterocycles. The normalized spacial score (nSPS) is 10.4. The Hall–Kier alpha value is -3.84. The zero-order valence-electron chi connectivity index (χ0n) is 16.7. The fraction of sp³-hybridized carbons (Fsp3) is 0.120. The van der Waals surface area contributed by atoms with Crippen molar-refractivity contribution in [2.45, 2.75) is 20.8 Å². The lowest BCUT2D eigenvalue weighted by Crippen LogP contribution is -2.12. The Balaban J connectivity index is 1.52. The molecule has 0 saturated carbocycles. The second-order valence-electron chi connectivity index (χ2n) is 7.11. The fourth-order valence-corrected chi connectivity index (χ4v) is 3.27. The van der Waals surface area contributed by atoms with E-state index in [0.29, 0.717) is 11.2 Å². The summed E-state index contributed by atoms with van der Waals surface area (Å²) in [6.07, 6.45) is 1.87. The van der Waals surface area contributed by atoms with Gasteiger partial charge in [0.1, 0.15) is 5.65 Å². The van der Waals surface area contributed by atoms with Crippen molar-refractivity contribution in [3.05, 3.63) is 101 Å². The van der Waals surface area contributed by atoms with E-state index in [1.807, 2.05) is 66.9 Å². The molecule has 29 heavy (non-hydrogen) atoms. The first-order valence-electron chi connectivity index (χ1n) is 9.45. The van der Waals surface area contributed by atoms with Crippen molar-refractivity contribution in [3.63, 3.8) is 0 Å². The van der Waals surface area contributed by atoms with Crippen LogP contribution in [0, 0.1) is 32.6 Å². The van der Waals surface area contributed by atoms with Crippen molar-refractivity contribution in [1.82, 2.24) is 9.38 Å². The van der Waals surface area contributed by atoms with Gasteiger partial charge in [0, 0.05) is 34.4 Å². The highest BCUT2D eigenvalue weighted by Crippen LogP contribution is 2.17. The predicted octanol–water partition coefficient (Wildman–Crippen LogP) is 4.91. The van der Waals surface area contributed by atoms with Crippen molar-refractivity contribution in [2.24, 2.45) is 0 Å². The van der Waals surface area contributed by atoms with Crippen molar-refractivity contribution >= 4 is 17.2 Å². The predicted molar refractivity (Wildman–Crippen MR) is 116 cm³/mol. The summed E-state index contributed by atoms with van der Waals surface area (Å²) in [6.45, 7) is 5.98. The van der Waals surface area contributed by atoms with Gasteiger partial charge in [-0.3, -0.25) is 4.79 Å². The minimum absolute atomic E-state index is 0.177. The van der Waals surface area contributed by atoms with Gasteiger partial charge in [-0.2, -0.15) is 0 Å². The van der Waals surface area contributed by atoms with E-state index in [2.05, 4.69) is 41.2 Å². The van der Waals surface area contributed by atoms with E-state index in [0.717, 1.165) is 28.2 Å². The minimum atomic E-state index is -0.177. The van der Waals surface area contributed by atoms with E-state index in [-0.39, 0.29) is 5.91 Å². The molecule has 0 radical (unpaired) electrons. The molecule has 0 atom stereocenters. The lowest BCUT2D eigenvalue weighted by molar-refractivity contribution is 0.102. The van der Waals surface area contributed by atoms with Crippen molar-refractivity contribution in [2.75, 3.05) is 5.32 Å². The molecular weight excluding hydrogens is 358 g/mol. The number of anilines is 1. The van der Waals surface area contributed by atoms with Crippen LogP contribution in [-0.2, 0) is 0 Å². The van der Waals surface area contributed by atoms with Gasteiger partial charge in [-0.15, -0.1) is 0 Å². The number of nitrogens with zero attached hydrogens (tertiary/aromatic N) is 2. The molecule has 0 aliphatic carbocycles. The zero-order valence-corrected chi connectivity index (χ0v) is 16.7. The smallest absolute Gasteiger partial charge is 0.259 e. The molecule has 4 aromatic rings. The van der Waals surface area contributed by atoms with Gasteiger partial charge in [-0.05, 0) is 74.9 Å². The van der Waals surface area contributed by atoms with Gasteiger partial charge in [-0.25, -0.2) is 4.98 Å². The van der Waals surface area contributed by atoms with Crippen LogP contribution < -0.4 is 5.32 Å². The number of benzene rings is 2. The Kier molecular flexibility index (Phi) is 4.88. The lowest BCUT2D eigenvalue weighted by atomic mass is 10.1. The molecule has 0 aliphatic rings. The third kappa shape index (κ3) is 4.04. The second kappa shape index (κ2) is 7.65. The van der Waals surface area contributed by atoms with Gasteiger partial charge in [0.05, 0.1) is 5.56 Å². The highest BCUT2D eigenvalue weighted by atomic mass is 16.1. The van der Waals surface area contributed by atoms with Crippen LogP contribution >= 0.6 is 0 Å². The summed E-state index contributed by atoms with van der Waals surface area (Å²) in [6, 6.07) is 19.4. The number of aryl methyl sites for hydroxylation is 3. The number of carbonyl (C=O) groups is 1. The lowest BCUT2D eigenvalue weighted by Gasteiger charge is -2.06. The van der Waals surface area contributed by atoms with E-state index in [1.54, 1.807) is 6.07 Å². The number of carbonyl (C=O) groups excluding carboxylic acids is 1. The third-order valence-electron chi connectivity index (χ3n) is 4.70. The van der Waals surface area contributed by atoms with E-state index in [4.69, 9.17) is 0 Å². The monoisotopic (exact) mass is 379 g/mol. The SMILES string of the molecule is Cc1cccc(C#Cc2ccc(NC(=O)c3ccn4c(C)cc(C)nc34)cc2)c1. The van der Waals surface area contributed by atoms with Crippen LogP contribution in [0.25, 0.3) is 5.65 Å². The highest BCUT2D eigenvalue weighted by molar-refractivity contribution is 6.08. The fourth-order valence-electron chi connectivity index (χ4n) is 3.27. The van der Waals surface area contributed by atoms with E-state index < -0.39 is 0 Å². The maximum atomic E-state index is 12.7. The number of aromatic nitrogens is 2. The molecule has 4 rings (SSSR count). The summed E-state index contributed by atoms with van der Waals surface area (Å²) < 4.78 is 1.92. The molecule has 0 fully saturated rings. The van der Waals surface area contributed by atoms with E-state index >= 15 is 0 Å². The summed E-state index contributed by atoms with van der Waals surface area (Å²) in [4.78, 5) is 17.3. The summed E-state index contributed by atoms with van der Waals surface area (Å²) in [7, 11) is 0. The summed E-state index contributed by atoms with van der Waals surface area (Å²) >= 11 is 0. The first-order chi connectivity index (χ1) is 14.0. The molecule has 0 spiro atoms. The minimum Gasteiger partial charge on any atom is -0.322 e. The first kappa shape index (κ1) is 18.5. The van der Waals surface area contributed by atoms with E-state index in [9.17, 15) is 4.79 Å².